The first-order chi connectivity index (χ1) is 7.56. The van der Waals surface area contributed by atoms with Crippen LogP contribution in [0.4, 0.5) is 8.78 Å². The first-order valence-electron chi connectivity index (χ1n) is 4.94. The zero-order valence-electron chi connectivity index (χ0n) is 8.47. The lowest BCUT2D eigenvalue weighted by molar-refractivity contribution is 0.238. The zero-order chi connectivity index (χ0) is 11.8. The lowest BCUT2D eigenvalue weighted by Crippen LogP contribution is -2.15. The van der Waals surface area contributed by atoms with Crippen LogP contribution in [0, 0.1) is 17.0 Å². The van der Waals surface area contributed by atoms with Crippen LogP contribution in [0.5, 0.6) is 5.75 Å². The second-order valence-corrected chi connectivity index (χ2v) is 5.32. The van der Waals surface area contributed by atoms with Gasteiger partial charge in [0.15, 0.2) is 11.6 Å². The van der Waals surface area contributed by atoms with E-state index in [1.807, 2.05) is 0 Å². The second-order valence-electron chi connectivity index (χ2n) is 4.15. The van der Waals surface area contributed by atoms with Crippen LogP contribution < -0.4 is 4.74 Å². The van der Waals surface area contributed by atoms with E-state index in [1.165, 1.54) is 6.07 Å². The van der Waals surface area contributed by atoms with Crippen LogP contribution in [0.25, 0.3) is 0 Å². The minimum absolute atomic E-state index is 0.0782. The highest BCUT2D eigenvalue weighted by Gasteiger charge is 2.42. The Balaban J connectivity index is 2.09. The molecule has 0 saturated heterocycles. The van der Waals surface area contributed by atoms with Crippen molar-refractivity contribution in [2.45, 2.75) is 12.8 Å². The smallest absolute Gasteiger partial charge is 0.169 e. The number of benzene rings is 1. The van der Waals surface area contributed by atoms with Gasteiger partial charge >= 0.3 is 0 Å². The third kappa shape index (κ3) is 2.51. The zero-order valence-corrected chi connectivity index (χ0v) is 11.0. The number of rotatable bonds is 4. The average Bonchev–Trinajstić information content (AvgIpc) is 2.97. The number of halogens is 3. The summed E-state index contributed by atoms with van der Waals surface area (Å²) in [6.07, 6.45) is 2.11. The molecule has 0 bridgehead atoms. The fraction of sp³-hybridized carbons (Fsp3) is 0.455. The van der Waals surface area contributed by atoms with Crippen molar-refractivity contribution in [3.05, 3.63) is 28.2 Å². The predicted octanol–water partition coefficient (Wildman–Crippen LogP) is 3.82. The Morgan fingerprint density at radius 3 is 2.56 bits per heavy atom. The molecule has 1 fully saturated rings. The summed E-state index contributed by atoms with van der Waals surface area (Å²) in [4.78, 5) is 0. The number of thiol groups is 1. The van der Waals surface area contributed by atoms with E-state index in [-0.39, 0.29) is 11.2 Å². The highest BCUT2D eigenvalue weighted by Crippen LogP contribution is 2.47. The van der Waals surface area contributed by atoms with E-state index in [4.69, 9.17) is 4.74 Å². The first kappa shape index (κ1) is 12.2. The maximum Gasteiger partial charge on any atom is 0.169 e. The molecule has 0 aliphatic heterocycles. The van der Waals surface area contributed by atoms with E-state index in [0.717, 1.165) is 24.7 Å². The van der Waals surface area contributed by atoms with E-state index < -0.39 is 11.6 Å². The molecule has 88 valence electrons. The summed E-state index contributed by atoms with van der Waals surface area (Å²) < 4.78 is 31.9. The van der Waals surface area contributed by atoms with Crippen LogP contribution in [-0.4, -0.2) is 12.4 Å². The van der Waals surface area contributed by atoms with Crippen LogP contribution in [0.2, 0.25) is 0 Å². The normalized spacial score (nSPS) is 17.2. The lowest BCUT2D eigenvalue weighted by Gasteiger charge is -2.15. The monoisotopic (exact) mass is 308 g/mol. The van der Waals surface area contributed by atoms with Gasteiger partial charge in [-0.1, -0.05) is 0 Å². The van der Waals surface area contributed by atoms with Crippen molar-refractivity contribution in [2.75, 3.05) is 12.4 Å². The Morgan fingerprint density at radius 1 is 1.38 bits per heavy atom. The molecule has 1 aliphatic rings. The molecule has 0 atom stereocenters. The van der Waals surface area contributed by atoms with Crippen LogP contribution in [0.15, 0.2) is 16.6 Å². The summed E-state index contributed by atoms with van der Waals surface area (Å²) in [5.41, 5.74) is 0.0867. The maximum absolute atomic E-state index is 13.4. The van der Waals surface area contributed by atoms with Gasteiger partial charge in [0, 0.05) is 11.5 Å². The third-order valence-corrected chi connectivity index (χ3v) is 4.04. The van der Waals surface area contributed by atoms with Gasteiger partial charge in [0.05, 0.1) is 11.1 Å². The van der Waals surface area contributed by atoms with Gasteiger partial charge in [0.25, 0.3) is 0 Å². The molecule has 0 radical (unpaired) electrons. The second kappa shape index (κ2) is 4.53. The highest BCUT2D eigenvalue weighted by molar-refractivity contribution is 9.10. The van der Waals surface area contributed by atoms with Crippen molar-refractivity contribution in [2.24, 2.45) is 5.41 Å². The van der Waals surface area contributed by atoms with Crippen LogP contribution in [0.3, 0.4) is 0 Å². The van der Waals surface area contributed by atoms with E-state index in [2.05, 4.69) is 28.6 Å². The topological polar surface area (TPSA) is 9.23 Å². The molecule has 1 aromatic carbocycles. The SMILES string of the molecule is Fc1cc(F)c(OCC2(CS)CC2)c(Br)c1. The summed E-state index contributed by atoms with van der Waals surface area (Å²) in [6.45, 7) is 0.428. The average molecular weight is 309 g/mol. The maximum atomic E-state index is 13.4. The Bertz CT molecular complexity index is 384. The number of ether oxygens (including phenoxy) is 1. The molecule has 1 nitrogen and oxygen atoms in total. The molecule has 0 spiro atoms. The first-order valence-corrected chi connectivity index (χ1v) is 6.37. The quantitative estimate of drug-likeness (QED) is 0.832. The van der Waals surface area contributed by atoms with Crippen molar-refractivity contribution in [1.82, 2.24) is 0 Å². The molecule has 5 heteroatoms. The van der Waals surface area contributed by atoms with E-state index in [9.17, 15) is 8.78 Å². The molecule has 0 amide bonds. The van der Waals surface area contributed by atoms with Gasteiger partial charge < -0.3 is 4.74 Å². The molecule has 16 heavy (non-hydrogen) atoms. The molecular formula is C11H11BrF2OS. The van der Waals surface area contributed by atoms with Gasteiger partial charge in [-0.25, -0.2) is 8.78 Å². The minimum Gasteiger partial charge on any atom is -0.489 e. The van der Waals surface area contributed by atoms with Gasteiger partial charge in [0.2, 0.25) is 0 Å². The molecule has 1 saturated carbocycles. The number of hydrogen-bond acceptors (Lipinski definition) is 2. The molecule has 0 N–H and O–H groups in total. The Labute approximate surface area is 107 Å². The molecular weight excluding hydrogens is 298 g/mol. The fourth-order valence-electron chi connectivity index (χ4n) is 1.42. The summed E-state index contributed by atoms with van der Waals surface area (Å²) >= 11 is 7.32. The van der Waals surface area contributed by atoms with Gasteiger partial charge in [-0.05, 0) is 40.6 Å². The molecule has 0 aromatic heterocycles. The lowest BCUT2D eigenvalue weighted by atomic mass is 10.2. The van der Waals surface area contributed by atoms with Crippen molar-refractivity contribution in [1.29, 1.82) is 0 Å². The predicted molar refractivity (Wildman–Crippen MR) is 65.1 cm³/mol. The molecule has 0 unspecified atom stereocenters. The minimum atomic E-state index is -0.679. The summed E-state index contributed by atoms with van der Waals surface area (Å²) in [5.74, 6) is -0.490. The van der Waals surface area contributed by atoms with Crippen molar-refractivity contribution in [3.8, 4) is 5.75 Å². The molecule has 2 rings (SSSR count). The van der Waals surface area contributed by atoms with E-state index >= 15 is 0 Å². The van der Waals surface area contributed by atoms with Crippen molar-refractivity contribution in [3.63, 3.8) is 0 Å². The van der Waals surface area contributed by atoms with Gasteiger partial charge in [-0.3, -0.25) is 0 Å². The Morgan fingerprint density at radius 2 is 2.06 bits per heavy atom. The Kier molecular flexibility index (Phi) is 3.45. The fourth-order valence-corrected chi connectivity index (χ4v) is 2.35. The number of hydrogen-bond donors (Lipinski definition) is 1. The molecule has 1 aromatic rings. The molecule has 1 aliphatic carbocycles. The molecule has 0 heterocycles. The summed E-state index contributed by atoms with van der Waals surface area (Å²) in [6, 6.07) is 2.01. The van der Waals surface area contributed by atoms with Crippen LogP contribution in [-0.2, 0) is 0 Å². The van der Waals surface area contributed by atoms with Gasteiger partial charge in [0.1, 0.15) is 5.82 Å². The van der Waals surface area contributed by atoms with Gasteiger partial charge in [-0.2, -0.15) is 12.6 Å². The van der Waals surface area contributed by atoms with Gasteiger partial charge in [-0.15, -0.1) is 0 Å². The largest absolute Gasteiger partial charge is 0.489 e. The summed E-state index contributed by atoms with van der Waals surface area (Å²) in [7, 11) is 0. The summed E-state index contributed by atoms with van der Waals surface area (Å²) in [5, 5.41) is 0. The highest BCUT2D eigenvalue weighted by atomic mass is 79.9. The standard InChI is InChI=1S/C11H11BrF2OS/c12-8-3-7(13)4-9(14)10(8)15-5-11(6-16)1-2-11/h3-4,16H,1-2,5-6H2. The Hall–Kier alpha value is -0.290. The van der Waals surface area contributed by atoms with E-state index in [1.54, 1.807) is 0 Å². The third-order valence-electron chi connectivity index (χ3n) is 2.78. The van der Waals surface area contributed by atoms with Crippen molar-refractivity contribution < 1.29 is 13.5 Å². The van der Waals surface area contributed by atoms with Crippen LogP contribution in [0.1, 0.15) is 12.8 Å². The van der Waals surface area contributed by atoms with E-state index in [0.29, 0.717) is 11.1 Å². The van der Waals surface area contributed by atoms with Crippen LogP contribution >= 0.6 is 28.6 Å². The van der Waals surface area contributed by atoms with Crippen molar-refractivity contribution >= 4 is 28.6 Å².